The Labute approximate surface area is 129 Å². The van der Waals surface area contributed by atoms with Gasteiger partial charge in [-0.3, -0.25) is 0 Å². The molecule has 21 heavy (non-hydrogen) atoms. The maximum Gasteiger partial charge on any atom is 0.211 e. The first-order valence-corrected chi connectivity index (χ1v) is 9.07. The first-order valence-electron chi connectivity index (χ1n) is 6.85. The van der Waals surface area contributed by atoms with Gasteiger partial charge in [-0.15, -0.1) is 0 Å². The smallest absolute Gasteiger partial charge is 0.211 e. The van der Waals surface area contributed by atoms with Crippen LogP contribution in [0.3, 0.4) is 0 Å². The van der Waals surface area contributed by atoms with Crippen LogP contribution in [0.5, 0.6) is 0 Å². The van der Waals surface area contributed by atoms with Crippen molar-refractivity contribution in [3.63, 3.8) is 0 Å². The Morgan fingerprint density at radius 3 is 2.81 bits per heavy atom. The molecular weight excluding hydrogens is 317 g/mol. The first-order chi connectivity index (χ1) is 9.75. The van der Waals surface area contributed by atoms with E-state index >= 15 is 0 Å². The topological polar surface area (TPSA) is 57.6 Å². The summed E-state index contributed by atoms with van der Waals surface area (Å²) < 4.78 is 37.9. The van der Waals surface area contributed by atoms with Crippen LogP contribution in [0, 0.1) is 11.7 Å². The molecule has 4 nitrogen and oxygen atoms in total. The van der Waals surface area contributed by atoms with Crippen molar-refractivity contribution in [1.29, 1.82) is 0 Å². The zero-order chi connectivity index (χ0) is 15.6. The van der Waals surface area contributed by atoms with Gasteiger partial charge in [0.05, 0.1) is 12.4 Å². The summed E-state index contributed by atoms with van der Waals surface area (Å²) in [7, 11) is -3.20. The van der Waals surface area contributed by atoms with E-state index in [4.69, 9.17) is 11.6 Å². The highest BCUT2D eigenvalue weighted by molar-refractivity contribution is 7.88. The second-order valence-electron chi connectivity index (χ2n) is 5.58. The van der Waals surface area contributed by atoms with Crippen LogP contribution in [0.25, 0.3) is 0 Å². The molecule has 7 heteroatoms. The van der Waals surface area contributed by atoms with E-state index in [-0.39, 0.29) is 10.9 Å². The van der Waals surface area contributed by atoms with Gasteiger partial charge < -0.3 is 5.11 Å². The van der Waals surface area contributed by atoms with Gasteiger partial charge in [0.1, 0.15) is 5.82 Å². The summed E-state index contributed by atoms with van der Waals surface area (Å²) in [5.74, 6) is -0.427. The fourth-order valence-corrected chi connectivity index (χ4v) is 3.91. The van der Waals surface area contributed by atoms with Gasteiger partial charge in [0.15, 0.2) is 0 Å². The maximum atomic E-state index is 13.3. The van der Waals surface area contributed by atoms with Crippen molar-refractivity contribution in [2.45, 2.75) is 25.4 Å². The van der Waals surface area contributed by atoms with E-state index in [0.717, 1.165) is 12.8 Å². The van der Waals surface area contributed by atoms with Crippen LogP contribution in [-0.2, 0) is 10.0 Å². The standard InChI is InChI=1S/C14H19ClFNO3S/c1-21(19,20)17-4-2-3-10(9-17)5-14(18)11-6-12(15)8-13(16)7-11/h6-8,10,14,18H,2-5,9H2,1H3. The predicted octanol–water partition coefficient (Wildman–Crippen LogP) is 2.57. The number of sulfonamides is 1. The van der Waals surface area contributed by atoms with Gasteiger partial charge in [-0.2, -0.15) is 0 Å². The van der Waals surface area contributed by atoms with Crippen molar-refractivity contribution < 1.29 is 17.9 Å². The van der Waals surface area contributed by atoms with Crippen molar-refractivity contribution in [1.82, 2.24) is 4.31 Å². The quantitative estimate of drug-likeness (QED) is 0.920. The van der Waals surface area contributed by atoms with E-state index in [1.54, 1.807) is 0 Å². The Balaban J connectivity index is 2.03. The highest BCUT2D eigenvalue weighted by atomic mass is 35.5. The molecule has 1 aromatic rings. The monoisotopic (exact) mass is 335 g/mol. The van der Waals surface area contributed by atoms with E-state index in [2.05, 4.69) is 0 Å². The van der Waals surface area contributed by atoms with E-state index in [1.807, 2.05) is 0 Å². The largest absolute Gasteiger partial charge is 0.388 e. The van der Waals surface area contributed by atoms with Crippen molar-refractivity contribution in [2.24, 2.45) is 5.92 Å². The summed E-state index contributed by atoms with van der Waals surface area (Å²) in [5, 5.41) is 10.5. The van der Waals surface area contributed by atoms with Crippen molar-refractivity contribution in [3.8, 4) is 0 Å². The lowest BCUT2D eigenvalue weighted by atomic mass is 9.91. The van der Waals surface area contributed by atoms with Crippen molar-refractivity contribution in [3.05, 3.63) is 34.6 Å². The van der Waals surface area contributed by atoms with Crippen LogP contribution in [0.2, 0.25) is 5.02 Å². The Morgan fingerprint density at radius 2 is 2.19 bits per heavy atom. The molecule has 1 heterocycles. The van der Waals surface area contributed by atoms with E-state index < -0.39 is 21.9 Å². The van der Waals surface area contributed by atoms with Gasteiger partial charge in [-0.25, -0.2) is 17.1 Å². The molecule has 0 spiro atoms. The average Bonchev–Trinajstić information content (AvgIpc) is 2.37. The third-order valence-corrected chi connectivity index (χ3v) is 5.26. The molecule has 2 unspecified atom stereocenters. The SMILES string of the molecule is CS(=O)(=O)N1CCCC(CC(O)c2cc(F)cc(Cl)c2)C1. The number of piperidine rings is 1. The molecule has 1 aromatic carbocycles. The van der Waals surface area contributed by atoms with Crippen molar-refractivity contribution >= 4 is 21.6 Å². The number of aliphatic hydroxyl groups excluding tert-OH is 1. The number of benzene rings is 1. The second-order valence-corrected chi connectivity index (χ2v) is 8.00. The molecular formula is C14H19ClFNO3S. The Hall–Kier alpha value is -0.690. The Kier molecular flexibility index (Phi) is 5.24. The Bertz CT molecular complexity index is 588. The molecule has 0 bridgehead atoms. The number of hydrogen-bond acceptors (Lipinski definition) is 3. The van der Waals surface area contributed by atoms with Crippen LogP contribution in [-0.4, -0.2) is 37.2 Å². The second kappa shape index (κ2) is 6.60. The zero-order valence-electron chi connectivity index (χ0n) is 11.8. The highest BCUT2D eigenvalue weighted by Crippen LogP contribution is 2.29. The summed E-state index contributed by atoms with van der Waals surface area (Å²) in [5.41, 5.74) is 0.427. The fraction of sp³-hybridized carbons (Fsp3) is 0.571. The summed E-state index contributed by atoms with van der Waals surface area (Å²) in [6.07, 6.45) is 2.37. The summed E-state index contributed by atoms with van der Waals surface area (Å²) >= 11 is 5.78. The minimum atomic E-state index is -3.20. The lowest BCUT2D eigenvalue weighted by Crippen LogP contribution is -2.39. The molecule has 118 valence electrons. The van der Waals surface area contributed by atoms with Gasteiger partial charge in [0.2, 0.25) is 10.0 Å². The number of halogens is 2. The molecule has 1 saturated heterocycles. The normalized spacial score (nSPS) is 22.2. The van der Waals surface area contributed by atoms with Crippen LogP contribution in [0.4, 0.5) is 4.39 Å². The predicted molar refractivity (Wildman–Crippen MR) is 80.1 cm³/mol. The molecule has 2 atom stereocenters. The first kappa shape index (κ1) is 16.7. The van der Waals surface area contributed by atoms with Crippen LogP contribution in [0.15, 0.2) is 18.2 Å². The van der Waals surface area contributed by atoms with Crippen LogP contribution < -0.4 is 0 Å². The zero-order valence-corrected chi connectivity index (χ0v) is 13.4. The summed E-state index contributed by atoms with van der Waals surface area (Å²) in [6, 6.07) is 3.98. The number of hydrogen-bond donors (Lipinski definition) is 1. The molecule has 0 aromatic heterocycles. The van der Waals surface area contributed by atoms with Gasteiger partial charge in [-0.1, -0.05) is 11.6 Å². The molecule has 1 aliphatic heterocycles. The molecule has 1 N–H and O–H groups in total. The molecule has 2 rings (SSSR count). The number of rotatable bonds is 4. The minimum Gasteiger partial charge on any atom is -0.388 e. The molecule has 0 saturated carbocycles. The van der Waals surface area contributed by atoms with Gasteiger partial charge in [0, 0.05) is 18.1 Å². The van der Waals surface area contributed by atoms with Crippen LogP contribution in [0.1, 0.15) is 30.9 Å². The molecule has 1 fully saturated rings. The van der Waals surface area contributed by atoms with E-state index in [9.17, 15) is 17.9 Å². The van der Waals surface area contributed by atoms with Crippen LogP contribution >= 0.6 is 11.6 Å². The molecule has 0 aliphatic carbocycles. The maximum absolute atomic E-state index is 13.3. The Morgan fingerprint density at radius 1 is 1.48 bits per heavy atom. The van der Waals surface area contributed by atoms with Gasteiger partial charge in [-0.05, 0) is 48.9 Å². The lowest BCUT2D eigenvalue weighted by molar-refractivity contribution is 0.122. The summed E-state index contributed by atoms with van der Waals surface area (Å²) in [6.45, 7) is 0.927. The van der Waals surface area contributed by atoms with Gasteiger partial charge in [0.25, 0.3) is 0 Å². The minimum absolute atomic E-state index is 0.0607. The van der Waals surface area contributed by atoms with Gasteiger partial charge >= 0.3 is 0 Å². The average molecular weight is 336 g/mol. The van der Waals surface area contributed by atoms with Crippen molar-refractivity contribution in [2.75, 3.05) is 19.3 Å². The van der Waals surface area contributed by atoms with E-state index in [1.165, 1.54) is 28.8 Å². The van der Waals surface area contributed by atoms with E-state index in [0.29, 0.717) is 25.1 Å². The molecule has 1 aliphatic rings. The summed E-state index contributed by atoms with van der Waals surface area (Å²) in [4.78, 5) is 0. The third kappa shape index (κ3) is 4.64. The lowest BCUT2D eigenvalue weighted by Gasteiger charge is -2.32. The highest BCUT2D eigenvalue weighted by Gasteiger charge is 2.27. The number of aliphatic hydroxyl groups is 1. The number of nitrogens with zero attached hydrogens (tertiary/aromatic N) is 1. The fourth-order valence-electron chi connectivity index (χ4n) is 2.74. The third-order valence-electron chi connectivity index (χ3n) is 3.78. The molecule has 0 amide bonds. The molecule has 0 radical (unpaired) electrons.